The Labute approximate surface area is 73.2 Å². The van der Waals surface area contributed by atoms with Crippen LogP contribution in [0.25, 0.3) is 0 Å². The quantitative estimate of drug-likeness (QED) is 0.505. The second kappa shape index (κ2) is 12.3. The SMILES string of the molecule is C=C/C=C\C(=C)COC.NC=O. The lowest BCUT2D eigenvalue weighted by Gasteiger charge is -1.93. The van der Waals surface area contributed by atoms with Gasteiger partial charge >= 0.3 is 0 Å². The number of hydrogen-bond donors (Lipinski definition) is 1. The Morgan fingerprint density at radius 1 is 1.67 bits per heavy atom. The number of primary amides is 1. The third kappa shape index (κ3) is 15.9. The molecule has 0 radical (unpaired) electrons. The molecule has 0 spiro atoms. The number of methoxy groups -OCH3 is 1. The van der Waals surface area contributed by atoms with Gasteiger partial charge in [0.25, 0.3) is 0 Å². The van der Waals surface area contributed by atoms with E-state index >= 15 is 0 Å². The molecule has 0 fully saturated rings. The number of ether oxygens (including phenoxy) is 1. The van der Waals surface area contributed by atoms with E-state index < -0.39 is 0 Å². The summed E-state index contributed by atoms with van der Waals surface area (Å²) in [4.78, 5) is 8.58. The summed E-state index contributed by atoms with van der Waals surface area (Å²) in [5, 5.41) is 0. The summed E-state index contributed by atoms with van der Waals surface area (Å²) in [5.74, 6) is 0. The molecule has 0 aliphatic heterocycles. The normalized spacial score (nSPS) is 8.42. The standard InChI is InChI=1S/C8H12O.CH3NO/c1-4-5-6-8(2)7-9-3;2-1-3/h4-6H,1-2,7H2,3H3;1H,(H2,2,3)/b6-5-;. The molecule has 0 aliphatic carbocycles. The Morgan fingerprint density at radius 2 is 2.17 bits per heavy atom. The minimum Gasteiger partial charge on any atom is -0.380 e. The van der Waals surface area contributed by atoms with Gasteiger partial charge in [-0.3, -0.25) is 4.79 Å². The number of nitrogens with two attached hydrogens (primary N) is 1. The third-order valence-electron chi connectivity index (χ3n) is 0.798. The molecule has 12 heavy (non-hydrogen) atoms. The van der Waals surface area contributed by atoms with Crippen LogP contribution in [-0.2, 0) is 9.53 Å². The van der Waals surface area contributed by atoms with Crippen LogP contribution in [0.2, 0.25) is 0 Å². The van der Waals surface area contributed by atoms with Crippen LogP contribution in [0.5, 0.6) is 0 Å². The molecule has 0 saturated carbocycles. The van der Waals surface area contributed by atoms with Gasteiger partial charge in [0.1, 0.15) is 0 Å². The van der Waals surface area contributed by atoms with Gasteiger partial charge < -0.3 is 10.5 Å². The van der Waals surface area contributed by atoms with E-state index in [0.29, 0.717) is 6.61 Å². The summed E-state index contributed by atoms with van der Waals surface area (Å²) in [6.45, 7) is 7.83. The van der Waals surface area contributed by atoms with Gasteiger partial charge in [-0.1, -0.05) is 31.4 Å². The molecule has 0 saturated heterocycles. The third-order valence-corrected chi connectivity index (χ3v) is 0.798. The molecule has 0 unspecified atom stereocenters. The summed E-state index contributed by atoms with van der Waals surface area (Å²) in [6, 6.07) is 0. The number of carbonyl (C=O) groups is 1. The van der Waals surface area contributed by atoms with Gasteiger partial charge in [-0.25, -0.2) is 0 Å². The van der Waals surface area contributed by atoms with E-state index in [4.69, 9.17) is 9.53 Å². The fourth-order valence-corrected chi connectivity index (χ4v) is 0.438. The van der Waals surface area contributed by atoms with Gasteiger partial charge in [-0.15, -0.1) is 0 Å². The summed E-state index contributed by atoms with van der Waals surface area (Å²) >= 11 is 0. The Morgan fingerprint density at radius 3 is 2.50 bits per heavy atom. The van der Waals surface area contributed by atoms with Crippen molar-refractivity contribution in [2.75, 3.05) is 13.7 Å². The molecule has 0 bridgehead atoms. The van der Waals surface area contributed by atoms with Gasteiger partial charge in [0, 0.05) is 7.11 Å². The largest absolute Gasteiger partial charge is 0.380 e. The topological polar surface area (TPSA) is 52.3 Å². The van der Waals surface area contributed by atoms with Crippen LogP contribution in [-0.4, -0.2) is 20.1 Å². The molecule has 68 valence electrons. The van der Waals surface area contributed by atoms with E-state index in [2.05, 4.69) is 18.9 Å². The zero-order valence-corrected chi connectivity index (χ0v) is 7.32. The minimum absolute atomic E-state index is 0.250. The Kier molecular flexibility index (Phi) is 13.6. The van der Waals surface area contributed by atoms with E-state index in [1.807, 2.05) is 12.2 Å². The van der Waals surface area contributed by atoms with Crippen LogP contribution in [0.15, 0.2) is 37.0 Å². The van der Waals surface area contributed by atoms with E-state index in [1.54, 1.807) is 13.2 Å². The van der Waals surface area contributed by atoms with Crippen molar-refractivity contribution in [3.63, 3.8) is 0 Å². The molecule has 0 heterocycles. The first-order chi connectivity index (χ1) is 5.72. The predicted octanol–water partition coefficient (Wildman–Crippen LogP) is 1.03. The molecule has 1 amide bonds. The van der Waals surface area contributed by atoms with Crippen molar-refractivity contribution in [3.05, 3.63) is 37.0 Å². The van der Waals surface area contributed by atoms with Crippen molar-refractivity contribution in [2.24, 2.45) is 5.73 Å². The van der Waals surface area contributed by atoms with E-state index in [-0.39, 0.29) is 6.41 Å². The molecular formula is C9H15NO2. The Balaban J connectivity index is 0. The van der Waals surface area contributed by atoms with Crippen molar-refractivity contribution in [3.8, 4) is 0 Å². The zero-order chi connectivity index (χ0) is 9.82. The summed E-state index contributed by atoms with van der Waals surface area (Å²) < 4.78 is 4.82. The van der Waals surface area contributed by atoms with Crippen molar-refractivity contribution < 1.29 is 9.53 Å². The Bertz CT molecular complexity index is 162. The maximum Gasteiger partial charge on any atom is 0.204 e. The van der Waals surface area contributed by atoms with Crippen molar-refractivity contribution in [1.82, 2.24) is 0 Å². The lowest BCUT2D eigenvalue weighted by molar-refractivity contribution is -0.106. The van der Waals surface area contributed by atoms with Crippen molar-refractivity contribution in [2.45, 2.75) is 0 Å². The number of hydrogen-bond acceptors (Lipinski definition) is 2. The molecule has 0 aliphatic rings. The number of carbonyl (C=O) groups excluding carboxylic acids is 1. The second-order valence-corrected chi connectivity index (χ2v) is 1.82. The van der Waals surface area contributed by atoms with Crippen LogP contribution in [0.4, 0.5) is 0 Å². The van der Waals surface area contributed by atoms with Crippen LogP contribution in [0.3, 0.4) is 0 Å². The number of amides is 1. The van der Waals surface area contributed by atoms with Crippen LogP contribution >= 0.6 is 0 Å². The van der Waals surface area contributed by atoms with E-state index in [9.17, 15) is 0 Å². The van der Waals surface area contributed by atoms with E-state index in [0.717, 1.165) is 5.57 Å². The molecule has 3 nitrogen and oxygen atoms in total. The first kappa shape index (κ1) is 13.3. The van der Waals surface area contributed by atoms with Gasteiger partial charge in [0.15, 0.2) is 0 Å². The fraction of sp³-hybridized carbons (Fsp3) is 0.222. The molecule has 0 atom stereocenters. The molecule has 0 aromatic heterocycles. The average Bonchev–Trinajstić information content (AvgIpc) is 2.03. The fourth-order valence-electron chi connectivity index (χ4n) is 0.438. The smallest absolute Gasteiger partial charge is 0.204 e. The van der Waals surface area contributed by atoms with Gasteiger partial charge in [0.2, 0.25) is 6.41 Å². The van der Waals surface area contributed by atoms with Crippen molar-refractivity contribution in [1.29, 1.82) is 0 Å². The van der Waals surface area contributed by atoms with Gasteiger partial charge in [0.05, 0.1) is 6.61 Å². The maximum atomic E-state index is 8.58. The van der Waals surface area contributed by atoms with Crippen LogP contribution in [0.1, 0.15) is 0 Å². The maximum absolute atomic E-state index is 8.58. The average molecular weight is 169 g/mol. The van der Waals surface area contributed by atoms with Crippen LogP contribution < -0.4 is 5.73 Å². The highest BCUT2D eigenvalue weighted by atomic mass is 16.5. The van der Waals surface area contributed by atoms with Gasteiger partial charge in [-0.05, 0) is 5.57 Å². The van der Waals surface area contributed by atoms with E-state index in [1.165, 1.54) is 0 Å². The monoisotopic (exact) mass is 169 g/mol. The summed E-state index contributed by atoms with van der Waals surface area (Å²) in [7, 11) is 1.65. The van der Waals surface area contributed by atoms with Crippen LogP contribution in [0, 0.1) is 0 Å². The minimum atomic E-state index is 0.250. The Hall–Kier alpha value is -1.35. The first-order valence-electron chi connectivity index (χ1n) is 3.34. The second-order valence-electron chi connectivity index (χ2n) is 1.82. The number of allylic oxidation sites excluding steroid dienone is 2. The molecule has 2 N–H and O–H groups in total. The summed E-state index contributed by atoms with van der Waals surface area (Å²) in [5.41, 5.74) is 5.12. The molecule has 3 heteroatoms. The highest BCUT2D eigenvalue weighted by molar-refractivity contribution is 5.42. The van der Waals surface area contributed by atoms with Crippen molar-refractivity contribution >= 4 is 6.41 Å². The van der Waals surface area contributed by atoms with Gasteiger partial charge in [-0.2, -0.15) is 0 Å². The lowest BCUT2D eigenvalue weighted by Crippen LogP contribution is -1.87. The first-order valence-corrected chi connectivity index (χ1v) is 3.34. The number of rotatable bonds is 4. The molecule has 0 aromatic carbocycles. The highest BCUT2D eigenvalue weighted by Crippen LogP contribution is 1.91. The molecule has 0 aromatic rings. The lowest BCUT2D eigenvalue weighted by atomic mass is 10.3. The summed E-state index contributed by atoms with van der Waals surface area (Å²) in [6.07, 6.45) is 5.67. The molecular weight excluding hydrogens is 154 g/mol. The highest BCUT2D eigenvalue weighted by Gasteiger charge is 1.81. The molecule has 0 rings (SSSR count). The predicted molar refractivity (Wildman–Crippen MR) is 50.6 cm³/mol. The zero-order valence-electron chi connectivity index (χ0n) is 7.32.